The first-order valence-electron chi connectivity index (χ1n) is 10.4. The molecule has 0 unspecified atom stereocenters. The van der Waals surface area contributed by atoms with E-state index in [0.717, 1.165) is 22.6 Å². The van der Waals surface area contributed by atoms with E-state index in [1.807, 2.05) is 60.7 Å². The Bertz CT molecular complexity index is 1270. The van der Waals surface area contributed by atoms with E-state index in [2.05, 4.69) is 27.6 Å². The first-order chi connectivity index (χ1) is 16.2. The maximum absolute atomic E-state index is 6.38. The average Bonchev–Trinajstić information content (AvgIpc) is 3.04. The zero-order valence-corrected chi connectivity index (χ0v) is 19.0. The second-order valence-corrected chi connectivity index (χ2v) is 8.26. The Morgan fingerprint density at radius 3 is 2.58 bits per heavy atom. The summed E-state index contributed by atoms with van der Waals surface area (Å²) >= 11 is 1.52. The van der Waals surface area contributed by atoms with Crippen molar-refractivity contribution in [3.63, 3.8) is 0 Å². The average molecular weight is 459 g/mol. The number of aromatic nitrogens is 3. The summed E-state index contributed by atoms with van der Waals surface area (Å²) in [5.41, 5.74) is 4.35. The van der Waals surface area contributed by atoms with E-state index in [1.165, 1.54) is 17.3 Å². The van der Waals surface area contributed by atoms with Crippen molar-refractivity contribution in [2.75, 3.05) is 19.5 Å². The molecule has 8 heteroatoms. The Balaban J connectivity index is 1.52. The highest BCUT2D eigenvalue weighted by Gasteiger charge is 2.28. The van der Waals surface area contributed by atoms with Gasteiger partial charge in [-0.05, 0) is 23.8 Å². The van der Waals surface area contributed by atoms with E-state index >= 15 is 0 Å². The number of benzene rings is 3. The molecule has 7 nitrogen and oxygen atoms in total. The molecule has 0 amide bonds. The Labute approximate surface area is 196 Å². The number of rotatable bonds is 6. The van der Waals surface area contributed by atoms with Gasteiger partial charge >= 0.3 is 0 Å². The van der Waals surface area contributed by atoms with Crippen LogP contribution in [-0.2, 0) is 5.75 Å². The lowest BCUT2D eigenvalue weighted by molar-refractivity contribution is 0.219. The first kappa shape index (κ1) is 21.1. The smallest absolute Gasteiger partial charge is 0.247 e. The number of thioether (sulfide) groups is 1. The van der Waals surface area contributed by atoms with Crippen LogP contribution in [0.15, 0.2) is 78.0 Å². The van der Waals surface area contributed by atoms with Crippen LogP contribution in [0.4, 0.5) is 5.69 Å². The lowest BCUT2D eigenvalue weighted by Gasteiger charge is -2.21. The topological polar surface area (TPSA) is 78.4 Å². The third-order valence-corrected chi connectivity index (χ3v) is 6.18. The van der Waals surface area contributed by atoms with Crippen molar-refractivity contribution >= 4 is 17.4 Å². The summed E-state index contributed by atoms with van der Waals surface area (Å²) in [4.78, 5) is 4.71. The van der Waals surface area contributed by atoms with Gasteiger partial charge in [-0.15, -0.1) is 10.2 Å². The van der Waals surface area contributed by atoms with Crippen molar-refractivity contribution in [2.24, 2.45) is 0 Å². The predicted molar refractivity (Wildman–Crippen MR) is 128 cm³/mol. The Kier molecular flexibility index (Phi) is 5.99. The van der Waals surface area contributed by atoms with E-state index < -0.39 is 6.23 Å². The molecule has 2 heterocycles. The van der Waals surface area contributed by atoms with Crippen LogP contribution in [0.5, 0.6) is 17.4 Å². The Hall–Kier alpha value is -3.78. The highest BCUT2D eigenvalue weighted by molar-refractivity contribution is 7.98. The summed E-state index contributed by atoms with van der Waals surface area (Å²) in [6, 6.07) is 23.7. The van der Waals surface area contributed by atoms with Crippen LogP contribution < -0.4 is 19.5 Å². The third kappa shape index (κ3) is 4.42. The number of methoxy groups -OCH3 is 2. The van der Waals surface area contributed by atoms with Crippen molar-refractivity contribution in [2.45, 2.75) is 17.1 Å². The zero-order chi connectivity index (χ0) is 22.6. The van der Waals surface area contributed by atoms with Gasteiger partial charge in [0.15, 0.2) is 5.69 Å². The second-order valence-electron chi connectivity index (χ2n) is 7.32. The van der Waals surface area contributed by atoms with Gasteiger partial charge < -0.3 is 19.5 Å². The van der Waals surface area contributed by atoms with Crippen LogP contribution >= 0.6 is 11.8 Å². The standard InChI is InChI=1S/C25H22N4O3S/c1-30-17-12-13-19(21(14-17)31-2)23-26-20-11-7-6-10-18(20)22-24(32-23)27-25(29-28-22)33-15-16-8-4-3-5-9-16/h3-14,23,26H,15H2,1-2H3/t23-/m0/s1. The summed E-state index contributed by atoms with van der Waals surface area (Å²) in [5, 5.41) is 12.8. The maximum atomic E-state index is 6.38. The molecule has 0 bridgehead atoms. The van der Waals surface area contributed by atoms with Gasteiger partial charge in [0.2, 0.25) is 17.3 Å². The molecule has 1 aliphatic heterocycles. The third-order valence-electron chi connectivity index (χ3n) is 5.27. The van der Waals surface area contributed by atoms with E-state index in [-0.39, 0.29) is 0 Å². The first-order valence-corrected chi connectivity index (χ1v) is 11.4. The molecule has 0 radical (unpaired) electrons. The minimum absolute atomic E-state index is 0.417. The molecule has 0 fully saturated rings. The van der Waals surface area contributed by atoms with Crippen molar-refractivity contribution in [3.05, 3.63) is 83.9 Å². The minimum atomic E-state index is -0.545. The van der Waals surface area contributed by atoms with Crippen molar-refractivity contribution in [1.82, 2.24) is 15.2 Å². The summed E-state index contributed by atoms with van der Waals surface area (Å²) in [5.74, 6) is 2.51. The molecule has 1 aromatic heterocycles. The highest BCUT2D eigenvalue weighted by Crippen LogP contribution is 2.41. The molecular formula is C25H22N4O3S. The van der Waals surface area contributed by atoms with Crippen molar-refractivity contribution in [1.29, 1.82) is 0 Å². The fourth-order valence-corrected chi connectivity index (χ4v) is 4.34. The van der Waals surface area contributed by atoms with Gasteiger partial charge in [0.1, 0.15) is 11.5 Å². The lowest BCUT2D eigenvalue weighted by Crippen LogP contribution is -2.18. The quantitative estimate of drug-likeness (QED) is 0.387. The van der Waals surface area contributed by atoms with Gasteiger partial charge in [0, 0.05) is 23.1 Å². The van der Waals surface area contributed by atoms with Gasteiger partial charge in [-0.3, -0.25) is 0 Å². The molecule has 1 atom stereocenters. The Morgan fingerprint density at radius 2 is 1.76 bits per heavy atom. The van der Waals surface area contributed by atoms with E-state index in [1.54, 1.807) is 14.2 Å². The number of hydrogen-bond acceptors (Lipinski definition) is 8. The normalized spacial score (nSPS) is 14.2. The molecule has 0 aliphatic carbocycles. The largest absolute Gasteiger partial charge is 0.497 e. The second kappa shape index (κ2) is 9.38. The number of ether oxygens (including phenoxy) is 3. The van der Waals surface area contributed by atoms with Crippen molar-refractivity contribution in [3.8, 4) is 28.6 Å². The molecule has 0 saturated heterocycles. The Morgan fingerprint density at radius 1 is 0.939 bits per heavy atom. The van der Waals surface area contributed by atoms with Crippen LogP contribution in [-0.4, -0.2) is 29.4 Å². The number of nitrogens with zero attached hydrogens (tertiary/aromatic N) is 3. The van der Waals surface area contributed by atoms with E-state index in [0.29, 0.717) is 28.2 Å². The van der Waals surface area contributed by atoms with Crippen molar-refractivity contribution < 1.29 is 14.2 Å². The van der Waals surface area contributed by atoms with Crippen LogP contribution in [0, 0.1) is 0 Å². The number of nitrogens with one attached hydrogen (secondary N) is 1. The van der Waals surface area contributed by atoms with Gasteiger partial charge in [-0.2, -0.15) is 4.98 Å². The van der Waals surface area contributed by atoms with Crippen LogP contribution in [0.1, 0.15) is 17.4 Å². The van der Waals surface area contributed by atoms with Gasteiger partial charge in [-0.1, -0.05) is 60.3 Å². The molecule has 4 aromatic rings. The van der Waals surface area contributed by atoms with Gasteiger partial charge in [0.25, 0.3) is 0 Å². The molecule has 1 N–H and O–H groups in total. The minimum Gasteiger partial charge on any atom is -0.497 e. The van der Waals surface area contributed by atoms with Crippen LogP contribution in [0.3, 0.4) is 0 Å². The molecule has 33 heavy (non-hydrogen) atoms. The maximum Gasteiger partial charge on any atom is 0.247 e. The lowest BCUT2D eigenvalue weighted by atomic mass is 10.1. The number of anilines is 1. The summed E-state index contributed by atoms with van der Waals surface area (Å²) in [6.07, 6.45) is -0.545. The van der Waals surface area contributed by atoms with Crippen LogP contribution in [0.2, 0.25) is 0 Å². The fraction of sp³-hybridized carbons (Fsp3) is 0.160. The van der Waals surface area contributed by atoms with Gasteiger partial charge in [0.05, 0.1) is 19.8 Å². The molecule has 166 valence electrons. The summed E-state index contributed by atoms with van der Waals surface area (Å²) < 4.78 is 17.3. The number of para-hydroxylation sites is 1. The molecule has 0 saturated carbocycles. The zero-order valence-electron chi connectivity index (χ0n) is 18.2. The predicted octanol–water partition coefficient (Wildman–Crippen LogP) is 5.35. The monoisotopic (exact) mass is 458 g/mol. The molecule has 0 spiro atoms. The number of hydrogen-bond donors (Lipinski definition) is 1. The van der Waals surface area contributed by atoms with E-state index in [4.69, 9.17) is 19.2 Å². The number of fused-ring (bicyclic) bond motifs is 3. The van der Waals surface area contributed by atoms with Crippen LogP contribution in [0.25, 0.3) is 11.3 Å². The van der Waals surface area contributed by atoms with Gasteiger partial charge in [-0.25, -0.2) is 0 Å². The van der Waals surface area contributed by atoms with E-state index in [9.17, 15) is 0 Å². The highest BCUT2D eigenvalue weighted by atomic mass is 32.2. The summed E-state index contributed by atoms with van der Waals surface area (Å²) in [6.45, 7) is 0. The molecular weight excluding hydrogens is 436 g/mol. The summed E-state index contributed by atoms with van der Waals surface area (Å²) in [7, 11) is 3.25. The SMILES string of the molecule is COc1ccc([C@H]2Nc3ccccc3-c3nnc(SCc4ccccc4)nc3O2)c(OC)c1. The fourth-order valence-electron chi connectivity index (χ4n) is 3.61. The molecule has 1 aliphatic rings. The molecule has 5 rings (SSSR count). The molecule has 3 aromatic carbocycles.